The number of ether oxygens (including phenoxy) is 1. The molecule has 3 N–H and O–H groups in total. The predicted octanol–water partition coefficient (Wildman–Crippen LogP) is 22.4. The minimum Gasteiger partial charge on any atom is -0.466 e. The van der Waals surface area contributed by atoms with Gasteiger partial charge in [0.2, 0.25) is 5.91 Å². The number of aliphatic hydroxyl groups is 2. The van der Waals surface area contributed by atoms with Crippen LogP contribution in [-0.4, -0.2) is 47.4 Å². The molecule has 452 valence electrons. The van der Waals surface area contributed by atoms with Crippen molar-refractivity contribution < 1.29 is 24.5 Å². The maximum atomic E-state index is 12.5. The molecule has 0 aromatic carbocycles. The van der Waals surface area contributed by atoms with Crippen LogP contribution >= 0.6 is 0 Å². The molecule has 0 fully saturated rings. The second-order valence-corrected chi connectivity index (χ2v) is 24.2. The molecule has 2 unspecified atom stereocenters. The van der Waals surface area contributed by atoms with Crippen molar-refractivity contribution in [2.45, 2.75) is 411 Å². The van der Waals surface area contributed by atoms with Crippen molar-refractivity contribution in [2.75, 3.05) is 13.2 Å². The Bertz CT molecular complexity index is 1140. The number of esters is 1. The smallest absolute Gasteiger partial charge is 0.305 e. The molecule has 0 aliphatic carbocycles. The lowest BCUT2D eigenvalue weighted by Crippen LogP contribution is -2.45. The van der Waals surface area contributed by atoms with Crippen LogP contribution in [0.1, 0.15) is 399 Å². The summed E-state index contributed by atoms with van der Waals surface area (Å²) in [6.07, 6.45) is 81.1. The molecule has 6 nitrogen and oxygen atoms in total. The molecular formula is C70H137NO5. The molecular weight excluding hydrogens is 935 g/mol. The quantitative estimate of drug-likeness (QED) is 0.0320. The normalized spacial score (nSPS) is 12.5. The van der Waals surface area contributed by atoms with Gasteiger partial charge in [-0.05, 0) is 51.4 Å². The molecule has 0 saturated carbocycles. The van der Waals surface area contributed by atoms with Gasteiger partial charge < -0.3 is 20.3 Å². The third kappa shape index (κ3) is 61.8. The van der Waals surface area contributed by atoms with Gasteiger partial charge in [-0.2, -0.15) is 0 Å². The van der Waals surface area contributed by atoms with E-state index in [2.05, 4.69) is 31.3 Å². The van der Waals surface area contributed by atoms with Crippen molar-refractivity contribution in [1.82, 2.24) is 5.32 Å². The molecule has 0 aliphatic rings. The van der Waals surface area contributed by atoms with Crippen LogP contribution < -0.4 is 5.32 Å². The summed E-state index contributed by atoms with van der Waals surface area (Å²) in [6, 6.07) is -0.540. The van der Waals surface area contributed by atoms with E-state index in [1.807, 2.05) is 0 Å². The Hall–Kier alpha value is -1.40. The van der Waals surface area contributed by atoms with Gasteiger partial charge in [0.25, 0.3) is 0 Å². The van der Waals surface area contributed by atoms with E-state index in [9.17, 15) is 19.8 Å². The molecule has 0 radical (unpaired) electrons. The molecule has 0 bridgehead atoms. The van der Waals surface area contributed by atoms with E-state index >= 15 is 0 Å². The minimum atomic E-state index is -0.663. The second-order valence-electron chi connectivity index (χ2n) is 24.2. The number of allylic oxidation sites excluding steroid dienone is 2. The van der Waals surface area contributed by atoms with Crippen molar-refractivity contribution in [3.8, 4) is 0 Å². The Kier molecular flexibility index (Phi) is 64.9. The third-order valence-electron chi connectivity index (χ3n) is 16.6. The van der Waals surface area contributed by atoms with Crippen LogP contribution in [0, 0.1) is 0 Å². The molecule has 6 heteroatoms. The van der Waals surface area contributed by atoms with E-state index in [0.717, 1.165) is 44.9 Å². The lowest BCUT2D eigenvalue weighted by Gasteiger charge is -2.22. The first-order chi connectivity index (χ1) is 37.5. The first kappa shape index (κ1) is 74.6. The lowest BCUT2D eigenvalue weighted by atomic mass is 10.0. The zero-order chi connectivity index (χ0) is 55.0. The zero-order valence-electron chi connectivity index (χ0n) is 51.8. The molecule has 2 atom stereocenters. The molecule has 1 amide bonds. The van der Waals surface area contributed by atoms with Crippen molar-refractivity contribution in [3.63, 3.8) is 0 Å². The number of carbonyl (C=O) groups is 2. The Morgan fingerprint density at radius 3 is 0.947 bits per heavy atom. The van der Waals surface area contributed by atoms with Crippen LogP contribution in [0.3, 0.4) is 0 Å². The van der Waals surface area contributed by atoms with E-state index in [1.165, 1.54) is 321 Å². The van der Waals surface area contributed by atoms with Crippen LogP contribution in [0.5, 0.6) is 0 Å². The average Bonchev–Trinajstić information content (AvgIpc) is 3.42. The summed E-state index contributed by atoms with van der Waals surface area (Å²) in [5, 5.41) is 23.4. The second kappa shape index (κ2) is 66.1. The van der Waals surface area contributed by atoms with Crippen molar-refractivity contribution in [3.05, 3.63) is 12.2 Å². The molecule has 0 heterocycles. The number of rotatable bonds is 66. The summed E-state index contributed by atoms with van der Waals surface area (Å²) < 4.78 is 5.48. The van der Waals surface area contributed by atoms with Crippen LogP contribution in [0.4, 0.5) is 0 Å². The Labute approximate surface area is 476 Å². The monoisotopic (exact) mass is 1070 g/mol. The summed E-state index contributed by atoms with van der Waals surface area (Å²) in [5.41, 5.74) is 0. The number of nitrogens with one attached hydrogen (secondary N) is 1. The van der Waals surface area contributed by atoms with Gasteiger partial charge in [-0.3, -0.25) is 9.59 Å². The Morgan fingerprint density at radius 1 is 0.355 bits per heavy atom. The largest absolute Gasteiger partial charge is 0.466 e. The Morgan fingerprint density at radius 2 is 0.618 bits per heavy atom. The van der Waals surface area contributed by atoms with Gasteiger partial charge >= 0.3 is 5.97 Å². The fourth-order valence-electron chi connectivity index (χ4n) is 11.2. The van der Waals surface area contributed by atoms with Crippen LogP contribution in [0.2, 0.25) is 0 Å². The minimum absolute atomic E-state index is 0.00817. The molecule has 0 aromatic heterocycles. The molecule has 0 aromatic rings. The van der Waals surface area contributed by atoms with Crippen LogP contribution in [-0.2, 0) is 14.3 Å². The molecule has 76 heavy (non-hydrogen) atoms. The van der Waals surface area contributed by atoms with Gasteiger partial charge in [-0.25, -0.2) is 0 Å². The van der Waals surface area contributed by atoms with Crippen molar-refractivity contribution >= 4 is 11.9 Å². The summed E-state index contributed by atoms with van der Waals surface area (Å²) >= 11 is 0. The third-order valence-corrected chi connectivity index (χ3v) is 16.6. The predicted molar refractivity (Wildman–Crippen MR) is 333 cm³/mol. The van der Waals surface area contributed by atoms with Crippen LogP contribution in [0.25, 0.3) is 0 Å². The van der Waals surface area contributed by atoms with Gasteiger partial charge in [-0.15, -0.1) is 0 Å². The highest BCUT2D eigenvalue weighted by molar-refractivity contribution is 5.76. The fraction of sp³-hybridized carbons (Fsp3) is 0.943. The highest BCUT2D eigenvalue weighted by Crippen LogP contribution is 2.19. The van der Waals surface area contributed by atoms with Crippen molar-refractivity contribution in [2.24, 2.45) is 0 Å². The van der Waals surface area contributed by atoms with E-state index < -0.39 is 12.1 Å². The van der Waals surface area contributed by atoms with Gasteiger partial charge in [0.1, 0.15) is 0 Å². The van der Waals surface area contributed by atoms with Gasteiger partial charge in [0, 0.05) is 12.8 Å². The number of carbonyl (C=O) groups excluding carboxylic acids is 2. The van der Waals surface area contributed by atoms with Gasteiger partial charge in [-0.1, -0.05) is 347 Å². The highest BCUT2D eigenvalue weighted by atomic mass is 16.5. The molecule has 0 saturated heterocycles. The summed E-state index contributed by atoms with van der Waals surface area (Å²) in [4.78, 5) is 24.6. The van der Waals surface area contributed by atoms with Gasteiger partial charge in [0.15, 0.2) is 0 Å². The maximum Gasteiger partial charge on any atom is 0.305 e. The lowest BCUT2D eigenvalue weighted by molar-refractivity contribution is -0.143. The van der Waals surface area contributed by atoms with E-state index in [-0.39, 0.29) is 18.5 Å². The van der Waals surface area contributed by atoms with E-state index in [1.54, 1.807) is 0 Å². The zero-order valence-corrected chi connectivity index (χ0v) is 51.8. The molecule has 0 spiro atoms. The fourth-order valence-corrected chi connectivity index (χ4v) is 11.2. The Balaban J connectivity index is 3.36. The first-order valence-corrected chi connectivity index (χ1v) is 34.9. The molecule has 0 aliphatic heterocycles. The summed E-state index contributed by atoms with van der Waals surface area (Å²) in [5.74, 6) is -0.0203. The number of hydrogen-bond acceptors (Lipinski definition) is 5. The number of unbranched alkanes of at least 4 members (excludes halogenated alkanes) is 53. The molecule has 0 rings (SSSR count). The number of aliphatic hydroxyl groups excluding tert-OH is 2. The number of amides is 1. The summed E-state index contributed by atoms with van der Waals surface area (Å²) in [6.45, 7) is 4.98. The topological polar surface area (TPSA) is 95.9 Å². The SMILES string of the molecule is CCCCCC/C=C\CCCCCCCC(=O)OCCCCCCCCCCCCCCCCCCCCCCCCCCCC(=O)NC(CO)C(O)CCCCCCCCCCCCCCCCCCCCCCC. The maximum absolute atomic E-state index is 12.5. The number of hydrogen-bond donors (Lipinski definition) is 3. The first-order valence-electron chi connectivity index (χ1n) is 34.9. The van der Waals surface area contributed by atoms with Gasteiger partial charge in [0.05, 0.1) is 25.4 Å². The summed E-state index contributed by atoms with van der Waals surface area (Å²) in [7, 11) is 0. The highest BCUT2D eigenvalue weighted by Gasteiger charge is 2.20. The standard InChI is InChI=1S/C70H137NO5/c1-3-5-7-9-11-13-15-17-18-19-20-26-29-32-35-39-42-46-50-54-58-62-68(73)67(66-72)71-69(74)63-59-55-51-47-43-40-36-33-30-27-24-22-21-23-25-28-31-34-37-41-45-49-53-57-61-65-76-70(75)64-60-56-52-48-44-38-16-14-12-10-8-6-4-2/h14,16,67-68,72-73H,3-13,15,17-66H2,1-2H3,(H,71,74)/b16-14-. The van der Waals surface area contributed by atoms with E-state index in [0.29, 0.717) is 25.9 Å². The van der Waals surface area contributed by atoms with Crippen LogP contribution in [0.15, 0.2) is 12.2 Å². The average molecular weight is 1070 g/mol. The van der Waals surface area contributed by atoms with E-state index in [4.69, 9.17) is 4.74 Å². The van der Waals surface area contributed by atoms with Crippen molar-refractivity contribution in [1.29, 1.82) is 0 Å².